The Balaban J connectivity index is 2.19. The second-order valence-electron chi connectivity index (χ2n) is 4.11. The number of Topliss-reactive ketones (excluding diaryl/α,β-unsaturated/α-hetero) is 1. The molecule has 0 atom stereocenters. The fourth-order valence-electron chi connectivity index (χ4n) is 1.80. The van der Waals surface area contributed by atoms with E-state index < -0.39 is 0 Å². The van der Waals surface area contributed by atoms with Gasteiger partial charge in [0.1, 0.15) is 10.8 Å². The first-order chi connectivity index (χ1) is 9.11. The van der Waals surface area contributed by atoms with E-state index >= 15 is 0 Å². The summed E-state index contributed by atoms with van der Waals surface area (Å²) >= 11 is 1.30. The third-order valence-corrected chi connectivity index (χ3v) is 3.49. The zero-order valence-electron chi connectivity index (χ0n) is 11.2. The SMILES string of the molecule is CCOc1ccc(Nc2snc(C)c2C(C)=O)cc1. The van der Waals surface area contributed by atoms with Crippen LogP contribution in [0.2, 0.25) is 0 Å². The lowest BCUT2D eigenvalue weighted by Crippen LogP contribution is -1.98. The average molecular weight is 276 g/mol. The van der Waals surface area contributed by atoms with Crippen LogP contribution in [0.5, 0.6) is 5.75 Å². The second kappa shape index (κ2) is 5.84. The normalized spacial score (nSPS) is 10.3. The second-order valence-corrected chi connectivity index (χ2v) is 4.88. The Labute approximate surface area is 116 Å². The van der Waals surface area contributed by atoms with Gasteiger partial charge in [0.15, 0.2) is 5.78 Å². The molecule has 0 aliphatic rings. The van der Waals surface area contributed by atoms with E-state index in [0.29, 0.717) is 12.2 Å². The first-order valence-electron chi connectivity index (χ1n) is 6.09. The predicted octanol–water partition coefficient (Wildman–Crippen LogP) is 3.80. The van der Waals surface area contributed by atoms with Gasteiger partial charge in [0.25, 0.3) is 0 Å². The van der Waals surface area contributed by atoms with Crippen molar-refractivity contribution in [3.63, 3.8) is 0 Å². The fourth-order valence-corrected chi connectivity index (χ4v) is 2.67. The van der Waals surface area contributed by atoms with Crippen LogP contribution in [0, 0.1) is 6.92 Å². The van der Waals surface area contributed by atoms with Crippen molar-refractivity contribution in [2.75, 3.05) is 11.9 Å². The highest BCUT2D eigenvalue weighted by molar-refractivity contribution is 7.10. The van der Waals surface area contributed by atoms with Gasteiger partial charge in [-0.2, -0.15) is 4.37 Å². The zero-order valence-corrected chi connectivity index (χ0v) is 12.0. The highest BCUT2D eigenvalue weighted by Gasteiger charge is 2.14. The summed E-state index contributed by atoms with van der Waals surface area (Å²) in [6.45, 7) is 6.00. The zero-order chi connectivity index (χ0) is 13.8. The number of hydrogen-bond acceptors (Lipinski definition) is 5. The van der Waals surface area contributed by atoms with Crippen molar-refractivity contribution in [3.8, 4) is 5.75 Å². The van der Waals surface area contributed by atoms with Gasteiger partial charge in [-0.1, -0.05) is 0 Å². The predicted molar refractivity (Wildman–Crippen MR) is 77.7 cm³/mol. The molecule has 0 saturated heterocycles. The van der Waals surface area contributed by atoms with Crippen LogP contribution in [0.4, 0.5) is 10.7 Å². The van der Waals surface area contributed by atoms with Crippen LogP contribution < -0.4 is 10.1 Å². The van der Waals surface area contributed by atoms with Crippen LogP contribution in [-0.2, 0) is 0 Å². The first kappa shape index (κ1) is 13.5. The van der Waals surface area contributed by atoms with E-state index in [0.717, 1.165) is 22.1 Å². The van der Waals surface area contributed by atoms with E-state index in [1.165, 1.54) is 11.5 Å². The van der Waals surface area contributed by atoms with Crippen molar-refractivity contribution in [2.24, 2.45) is 0 Å². The Morgan fingerprint density at radius 1 is 1.37 bits per heavy atom. The number of ether oxygens (including phenoxy) is 1. The number of nitrogens with one attached hydrogen (secondary N) is 1. The van der Waals surface area contributed by atoms with Gasteiger partial charge in [0, 0.05) is 5.69 Å². The number of rotatable bonds is 5. The molecule has 19 heavy (non-hydrogen) atoms. The van der Waals surface area contributed by atoms with Gasteiger partial charge in [-0.15, -0.1) is 0 Å². The molecule has 0 radical (unpaired) electrons. The lowest BCUT2D eigenvalue weighted by Gasteiger charge is -2.07. The number of aromatic nitrogens is 1. The molecular formula is C14H16N2O2S. The third kappa shape index (κ3) is 3.12. The topological polar surface area (TPSA) is 51.2 Å². The smallest absolute Gasteiger partial charge is 0.164 e. The maximum absolute atomic E-state index is 11.6. The number of benzene rings is 1. The fraction of sp³-hybridized carbons (Fsp3) is 0.286. The van der Waals surface area contributed by atoms with E-state index in [-0.39, 0.29) is 5.78 Å². The van der Waals surface area contributed by atoms with Gasteiger partial charge in [0.2, 0.25) is 0 Å². The molecule has 0 aliphatic heterocycles. The molecule has 0 bridgehead atoms. The molecule has 0 unspecified atom stereocenters. The summed E-state index contributed by atoms with van der Waals surface area (Å²) in [6, 6.07) is 7.63. The van der Waals surface area contributed by atoms with Gasteiger partial charge in [-0.05, 0) is 56.6 Å². The summed E-state index contributed by atoms with van der Waals surface area (Å²) in [5.41, 5.74) is 2.35. The maximum Gasteiger partial charge on any atom is 0.164 e. The molecule has 1 heterocycles. The van der Waals surface area contributed by atoms with Crippen LogP contribution >= 0.6 is 11.5 Å². The van der Waals surface area contributed by atoms with Crippen molar-refractivity contribution >= 4 is 28.0 Å². The van der Waals surface area contributed by atoms with Crippen molar-refractivity contribution < 1.29 is 9.53 Å². The molecule has 0 saturated carbocycles. The number of hydrogen-bond donors (Lipinski definition) is 1. The molecule has 0 amide bonds. The van der Waals surface area contributed by atoms with Gasteiger partial charge < -0.3 is 10.1 Å². The van der Waals surface area contributed by atoms with Crippen LogP contribution in [0.3, 0.4) is 0 Å². The molecule has 0 aliphatic carbocycles. The van der Waals surface area contributed by atoms with Crippen molar-refractivity contribution in [2.45, 2.75) is 20.8 Å². The third-order valence-electron chi connectivity index (χ3n) is 2.64. The summed E-state index contributed by atoms with van der Waals surface area (Å²) in [5.74, 6) is 0.861. The average Bonchev–Trinajstić information content (AvgIpc) is 2.73. The molecule has 5 heteroatoms. The van der Waals surface area contributed by atoms with Gasteiger partial charge >= 0.3 is 0 Å². The molecule has 2 aromatic rings. The number of aryl methyl sites for hydroxylation is 1. The number of carbonyl (C=O) groups is 1. The minimum atomic E-state index is 0.0275. The molecular weight excluding hydrogens is 260 g/mol. The Bertz CT molecular complexity index is 576. The minimum Gasteiger partial charge on any atom is -0.494 e. The molecule has 0 fully saturated rings. The van der Waals surface area contributed by atoms with E-state index in [2.05, 4.69) is 9.69 Å². The van der Waals surface area contributed by atoms with Gasteiger partial charge in [-0.25, -0.2) is 0 Å². The molecule has 1 aromatic carbocycles. The molecule has 2 rings (SSSR count). The van der Waals surface area contributed by atoms with Crippen molar-refractivity contribution in [3.05, 3.63) is 35.5 Å². The van der Waals surface area contributed by atoms with Gasteiger partial charge in [-0.3, -0.25) is 4.79 Å². The summed E-state index contributed by atoms with van der Waals surface area (Å²) in [4.78, 5) is 11.6. The van der Waals surface area contributed by atoms with E-state index in [4.69, 9.17) is 4.74 Å². The Kier molecular flexibility index (Phi) is 4.16. The van der Waals surface area contributed by atoms with Crippen LogP contribution in [-0.4, -0.2) is 16.8 Å². The molecule has 0 spiro atoms. The molecule has 1 N–H and O–H groups in total. The standard InChI is InChI=1S/C14H16N2O2S/c1-4-18-12-7-5-11(6-8-12)15-14-13(10(3)17)9(2)16-19-14/h5-8,15H,4H2,1-3H3. The Morgan fingerprint density at radius 3 is 2.63 bits per heavy atom. The van der Waals surface area contributed by atoms with Gasteiger partial charge in [0.05, 0.1) is 17.9 Å². The summed E-state index contributed by atoms with van der Waals surface area (Å²) < 4.78 is 9.60. The summed E-state index contributed by atoms with van der Waals surface area (Å²) in [7, 11) is 0. The monoisotopic (exact) mass is 276 g/mol. The number of carbonyl (C=O) groups excluding carboxylic acids is 1. The first-order valence-corrected chi connectivity index (χ1v) is 6.86. The minimum absolute atomic E-state index is 0.0275. The number of anilines is 2. The number of ketones is 1. The van der Waals surface area contributed by atoms with Crippen molar-refractivity contribution in [1.29, 1.82) is 0 Å². The van der Waals surface area contributed by atoms with E-state index in [1.54, 1.807) is 6.92 Å². The maximum atomic E-state index is 11.6. The lowest BCUT2D eigenvalue weighted by molar-refractivity contribution is 0.101. The van der Waals surface area contributed by atoms with Crippen LogP contribution in [0.25, 0.3) is 0 Å². The lowest BCUT2D eigenvalue weighted by atomic mass is 10.2. The molecule has 4 nitrogen and oxygen atoms in total. The highest BCUT2D eigenvalue weighted by atomic mass is 32.1. The van der Waals surface area contributed by atoms with Crippen LogP contribution in [0.15, 0.2) is 24.3 Å². The van der Waals surface area contributed by atoms with E-state index in [1.807, 2.05) is 38.1 Å². The Morgan fingerprint density at radius 2 is 2.05 bits per heavy atom. The molecule has 1 aromatic heterocycles. The Hall–Kier alpha value is -1.88. The molecule has 100 valence electrons. The van der Waals surface area contributed by atoms with Crippen molar-refractivity contribution in [1.82, 2.24) is 4.37 Å². The largest absolute Gasteiger partial charge is 0.494 e. The highest BCUT2D eigenvalue weighted by Crippen LogP contribution is 2.29. The number of nitrogens with zero attached hydrogens (tertiary/aromatic N) is 1. The summed E-state index contributed by atoms with van der Waals surface area (Å²) in [6.07, 6.45) is 0. The van der Waals surface area contributed by atoms with Crippen LogP contribution in [0.1, 0.15) is 29.9 Å². The summed E-state index contributed by atoms with van der Waals surface area (Å²) in [5, 5.41) is 4.01. The van der Waals surface area contributed by atoms with E-state index in [9.17, 15) is 4.79 Å². The quantitative estimate of drug-likeness (QED) is 0.844.